The second-order valence-electron chi connectivity index (χ2n) is 14.6. The summed E-state index contributed by atoms with van der Waals surface area (Å²) in [6.07, 6.45) is 0. The maximum atomic E-state index is 9.94. The van der Waals surface area contributed by atoms with E-state index < -0.39 is 106 Å². The normalized spacial score (nSPS) is 15.5. The van der Waals surface area contributed by atoms with Crippen molar-refractivity contribution >= 4 is 27.8 Å². The molecule has 0 bridgehead atoms. The Hall–Kier alpha value is -7.74. The number of rotatable bonds is 8. The zero-order valence-corrected chi connectivity index (χ0v) is 32.1. The fourth-order valence-electron chi connectivity index (χ4n) is 8.72. The number of nitrogens with zero attached hydrogens (tertiary/aromatic N) is 1. The van der Waals surface area contributed by atoms with E-state index in [2.05, 4.69) is 48.5 Å². The van der Waals surface area contributed by atoms with Crippen LogP contribution in [0, 0.1) is 0 Å². The molecule has 0 aromatic heterocycles. The van der Waals surface area contributed by atoms with E-state index in [9.17, 15) is 8.22 Å². The van der Waals surface area contributed by atoms with Gasteiger partial charge in [0.25, 0.3) is 0 Å². The highest BCUT2D eigenvalue weighted by atomic mass is 15.1. The van der Waals surface area contributed by atoms with Crippen LogP contribution in [0.1, 0.15) is 40.1 Å². The minimum absolute atomic E-state index is 0.136. The van der Waals surface area contributed by atoms with Gasteiger partial charge in [-0.3, -0.25) is 0 Å². The van der Waals surface area contributed by atoms with Crippen molar-refractivity contribution in [3.05, 3.63) is 271 Å². The average Bonchev–Trinajstić information content (AvgIpc) is 3.75. The van der Waals surface area contributed by atoms with Gasteiger partial charge in [-0.2, -0.15) is 0 Å². The van der Waals surface area contributed by atoms with E-state index in [0.29, 0.717) is 11.4 Å². The standard InChI is InChI=1S/C59H41N/c1-4-16-42(17-5-1)44-30-32-45(33-31-44)46-36-38-52(39-37-46)60(53-25-14-20-48(41-53)49-35-34-43-18-10-11-19-47(43)40-49)57-29-15-28-56-58(57)54-26-12-13-27-55(54)59(56,50-21-6-2-7-22-50)51-23-8-3-9-24-51/h1-41H/i1D,4D,5D,16D,17D,30D,31D,32D,33D,36D,37D,38D,39D. The third kappa shape index (κ3) is 5.94. The van der Waals surface area contributed by atoms with Crippen molar-refractivity contribution in [1.82, 2.24) is 0 Å². The number of anilines is 3. The molecule has 0 saturated heterocycles. The fraction of sp³-hybridized carbons (Fsp3) is 0.0169. The molecule has 10 aromatic carbocycles. The summed E-state index contributed by atoms with van der Waals surface area (Å²) in [5.74, 6) is 0. The summed E-state index contributed by atoms with van der Waals surface area (Å²) in [6.45, 7) is 0. The van der Waals surface area contributed by atoms with Crippen LogP contribution in [0.15, 0.2) is 248 Å². The molecular formula is C59H41N. The monoisotopic (exact) mass is 776 g/mol. The second kappa shape index (κ2) is 14.9. The van der Waals surface area contributed by atoms with Crippen LogP contribution in [0.25, 0.3) is 55.3 Å². The van der Waals surface area contributed by atoms with Crippen LogP contribution in [0.2, 0.25) is 0 Å². The quantitative estimate of drug-likeness (QED) is 0.149. The molecule has 0 N–H and O–H groups in total. The smallest absolute Gasteiger partial charge is 0.0714 e. The third-order valence-corrected chi connectivity index (χ3v) is 11.3. The lowest BCUT2D eigenvalue weighted by Crippen LogP contribution is -2.28. The van der Waals surface area contributed by atoms with Gasteiger partial charge in [0.05, 0.1) is 28.9 Å². The van der Waals surface area contributed by atoms with Gasteiger partial charge in [0, 0.05) is 16.9 Å². The Morgan fingerprint density at radius 3 is 1.60 bits per heavy atom. The van der Waals surface area contributed by atoms with E-state index in [4.69, 9.17) is 9.60 Å². The van der Waals surface area contributed by atoms with Crippen molar-refractivity contribution in [3.8, 4) is 44.5 Å². The molecule has 10 aromatic rings. The average molecular weight is 777 g/mol. The molecule has 0 amide bonds. The SMILES string of the molecule is [2H]c1c([2H])c([2H])c(-c2c([2H])c([2H])c(-c3c([2H])c([2H])c(N(c4cccc(-c5ccc6ccccc6c5)c4)c4cccc5c4-c4ccccc4C5(c4ccccc4)c4ccccc4)c([2H])c3[2H])c([2H])c2[2H])c([2H])c1[2H]. The van der Waals surface area contributed by atoms with E-state index in [1.807, 2.05) is 121 Å². The third-order valence-electron chi connectivity index (χ3n) is 11.3. The molecule has 0 aliphatic heterocycles. The highest BCUT2D eigenvalue weighted by molar-refractivity contribution is 5.98. The van der Waals surface area contributed by atoms with Gasteiger partial charge in [-0.1, -0.05) is 212 Å². The first-order chi connectivity index (χ1) is 35.2. The molecule has 0 radical (unpaired) electrons. The van der Waals surface area contributed by atoms with Gasteiger partial charge in [0.1, 0.15) is 0 Å². The van der Waals surface area contributed by atoms with Gasteiger partial charge in [0.15, 0.2) is 0 Å². The molecule has 0 spiro atoms. The first-order valence-electron chi connectivity index (χ1n) is 26.2. The second-order valence-corrected chi connectivity index (χ2v) is 14.6. The van der Waals surface area contributed by atoms with Crippen LogP contribution in [-0.2, 0) is 5.41 Å². The van der Waals surface area contributed by atoms with Crippen molar-refractivity contribution in [2.75, 3.05) is 4.90 Å². The summed E-state index contributed by atoms with van der Waals surface area (Å²) in [7, 11) is 0. The van der Waals surface area contributed by atoms with Gasteiger partial charge in [-0.25, -0.2) is 0 Å². The van der Waals surface area contributed by atoms with Crippen molar-refractivity contribution in [3.63, 3.8) is 0 Å². The Morgan fingerprint density at radius 1 is 0.350 bits per heavy atom. The Bertz CT molecular complexity index is 3790. The highest BCUT2D eigenvalue weighted by Gasteiger charge is 2.47. The molecule has 1 aliphatic carbocycles. The van der Waals surface area contributed by atoms with Crippen LogP contribution < -0.4 is 4.90 Å². The summed E-state index contributed by atoms with van der Waals surface area (Å²) in [4.78, 5) is 1.74. The predicted molar refractivity (Wildman–Crippen MR) is 252 cm³/mol. The largest absolute Gasteiger partial charge is 0.310 e. The Kier molecular flexibility index (Phi) is 6.02. The summed E-state index contributed by atoms with van der Waals surface area (Å²) in [5.41, 5.74) is 5.34. The molecule has 0 unspecified atom stereocenters. The summed E-state index contributed by atoms with van der Waals surface area (Å²) >= 11 is 0. The van der Waals surface area contributed by atoms with Crippen LogP contribution in [0.5, 0.6) is 0 Å². The van der Waals surface area contributed by atoms with E-state index in [1.54, 1.807) is 4.90 Å². The highest BCUT2D eigenvalue weighted by Crippen LogP contribution is 2.59. The Morgan fingerprint density at radius 2 is 0.900 bits per heavy atom. The molecule has 1 heteroatoms. The van der Waals surface area contributed by atoms with Gasteiger partial charge in [-0.15, -0.1) is 0 Å². The zero-order valence-electron chi connectivity index (χ0n) is 45.1. The molecular weight excluding hydrogens is 723 g/mol. The first kappa shape index (κ1) is 24.2. The van der Waals surface area contributed by atoms with E-state index in [0.717, 1.165) is 55.3 Å². The van der Waals surface area contributed by atoms with Crippen LogP contribution in [0.4, 0.5) is 17.1 Å². The summed E-state index contributed by atoms with van der Waals surface area (Å²) < 4.78 is 118. The lowest BCUT2D eigenvalue weighted by molar-refractivity contribution is 0.768. The van der Waals surface area contributed by atoms with Crippen molar-refractivity contribution in [1.29, 1.82) is 0 Å². The van der Waals surface area contributed by atoms with Gasteiger partial charge < -0.3 is 4.90 Å². The lowest BCUT2D eigenvalue weighted by Gasteiger charge is -2.34. The van der Waals surface area contributed by atoms with Crippen molar-refractivity contribution < 1.29 is 17.8 Å². The maximum Gasteiger partial charge on any atom is 0.0714 e. The maximum absolute atomic E-state index is 9.94. The fourth-order valence-corrected chi connectivity index (χ4v) is 8.72. The summed E-state index contributed by atoms with van der Waals surface area (Å²) in [5, 5.41) is 2.10. The summed E-state index contributed by atoms with van der Waals surface area (Å²) in [6, 6.07) is 47.4. The van der Waals surface area contributed by atoms with Crippen LogP contribution in [-0.4, -0.2) is 0 Å². The Labute approximate surface area is 370 Å². The molecule has 11 rings (SSSR count). The number of hydrogen-bond donors (Lipinski definition) is 0. The molecule has 0 fully saturated rings. The molecule has 282 valence electrons. The van der Waals surface area contributed by atoms with E-state index >= 15 is 0 Å². The van der Waals surface area contributed by atoms with Gasteiger partial charge in [0.2, 0.25) is 0 Å². The predicted octanol–water partition coefficient (Wildman–Crippen LogP) is 15.7. The number of fused-ring (bicyclic) bond motifs is 4. The van der Waals surface area contributed by atoms with Crippen LogP contribution >= 0.6 is 0 Å². The van der Waals surface area contributed by atoms with Gasteiger partial charge >= 0.3 is 0 Å². The molecule has 0 heterocycles. The minimum Gasteiger partial charge on any atom is -0.310 e. The first-order valence-corrected chi connectivity index (χ1v) is 19.7. The molecule has 60 heavy (non-hydrogen) atoms. The molecule has 1 aliphatic rings. The van der Waals surface area contributed by atoms with Crippen molar-refractivity contribution in [2.45, 2.75) is 5.41 Å². The molecule has 1 nitrogen and oxygen atoms in total. The van der Waals surface area contributed by atoms with Crippen LogP contribution in [0.3, 0.4) is 0 Å². The number of benzene rings is 10. The van der Waals surface area contributed by atoms with Gasteiger partial charge in [-0.05, 0) is 108 Å². The molecule has 0 saturated carbocycles. The minimum atomic E-state index is -0.833. The topological polar surface area (TPSA) is 3.24 Å². The zero-order chi connectivity index (χ0) is 51.2. The van der Waals surface area contributed by atoms with E-state index in [1.165, 1.54) is 0 Å². The Balaban J connectivity index is 1.19. The lowest BCUT2D eigenvalue weighted by atomic mass is 9.68. The molecule has 0 atom stereocenters. The number of hydrogen-bond acceptors (Lipinski definition) is 1. The van der Waals surface area contributed by atoms with E-state index in [-0.39, 0.29) is 5.69 Å². The van der Waals surface area contributed by atoms with Crippen molar-refractivity contribution in [2.24, 2.45) is 0 Å².